The zero-order valence-corrected chi connectivity index (χ0v) is 10.7. The Morgan fingerprint density at radius 3 is 2.53 bits per heavy atom. The molecule has 0 aromatic heterocycles. The van der Waals surface area contributed by atoms with Gasteiger partial charge >= 0.3 is 6.03 Å². The number of amides is 2. The second-order valence-electron chi connectivity index (χ2n) is 4.05. The van der Waals surface area contributed by atoms with Crippen molar-refractivity contribution in [2.45, 2.75) is 6.42 Å². The quantitative estimate of drug-likeness (QED) is 0.670. The Balaban J connectivity index is 2.36. The van der Waals surface area contributed by atoms with Gasteiger partial charge in [-0.15, -0.1) is 0 Å². The first-order valence-electron chi connectivity index (χ1n) is 6.16. The summed E-state index contributed by atoms with van der Waals surface area (Å²) >= 11 is 0. The van der Waals surface area contributed by atoms with Gasteiger partial charge in [-0.25, -0.2) is 9.18 Å². The molecule has 0 saturated carbocycles. The van der Waals surface area contributed by atoms with Crippen LogP contribution >= 0.6 is 0 Å². The van der Waals surface area contributed by atoms with E-state index in [2.05, 4.69) is 5.32 Å². The SMILES string of the molecule is O=C(NCCc1cccc(F)c1)N(CCO)CCO. The summed E-state index contributed by atoms with van der Waals surface area (Å²) in [6.45, 7) is 0.406. The first-order chi connectivity index (χ1) is 9.17. The number of nitrogens with one attached hydrogen (secondary N) is 1. The Hall–Kier alpha value is -1.66. The molecule has 106 valence electrons. The van der Waals surface area contributed by atoms with Crippen LogP contribution < -0.4 is 5.32 Å². The summed E-state index contributed by atoms with van der Waals surface area (Å²) in [5.41, 5.74) is 0.802. The van der Waals surface area contributed by atoms with Crippen molar-refractivity contribution in [3.05, 3.63) is 35.6 Å². The molecule has 1 rings (SSSR count). The number of carbonyl (C=O) groups is 1. The van der Waals surface area contributed by atoms with E-state index in [1.54, 1.807) is 12.1 Å². The molecule has 0 heterocycles. The van der Waals surface area contributed by atoms with E-state index in [0.717, 1.165) is 5.56 Å². The largest absolute Gasteiger partial charge is 0.395 e. The lowest BCUT2D eigenvalue weighted by molar-refractivity contribution is 0.158. The van der Waals surface area contributed by atoms with Gasteiger partial charge in [0.15, 0.2) is 0 Å². The molecule has 6 heteroatoms. The second-order valence-corrected chi connectivity index (χ2v) is 4.05. The number of aliphatic hydroxyl groups is 2. The van der Waals surface area contributed by atoms with Gasteiger partial charge in [0.1, 0.15) is 5.82 Å². The first-order valence-corrected chi connectivity index (χ1v) is 6.16. The number of benzene rings is 1. The average molecular weight is 270 g/mol. The fourth-order valence-electron chi connectivity index (χ4n) is 1.67. The zero-order chi connectivity index (χ0) is 14.1. The van der Waals surface area contributed by atoms with E-state index in [9.17, 15) is 9.18 Å². The van der Waals surface area contributed by atoms with Crippen LogP contribution in [-0.4, -0.2) is 54.0 Å². The van der Waals surface area contributed by atoms with E-state index in [4.69, 9.17) is 10.2 Å². The molecular weight excluding hydrogens is 251 g/mol. The summed E-state index contributed by atoms with van der Waals surface area (Å²) in [6.07, 6.45) is 0.523. The molecule has 0 radical (unpaired) electrons. The minimum Gasteiger partial charge on any atom is -0.395 e. The van der Waals surface area contributed by atoms with Crippen LogP contribution in [0.3, 0.4) is 0 Å². The van der Waals surface area contributed by atoms with Gasteiger partial charge in [-0.05, 0) is 24.1 Å². The van der Waals surface area contributed by atoms with Crippen molar-refractivity contribution in [2.24, 2.45) is 0 Å². The zero-order valence-electron chi connectivity index (χ0n) is 10.7. The summed E-state index contributed by atoms with van der Waals surface area (Å²) in [4.78, 5) is 13.0. The van der Waals surface area contributed by atoms with Gasteiger partial charge in [0.2, 0.25) is 0 Å². The molecule has 0 aliphatic heterocycles. The van der Waals surface area contributed by atoms with Crippen LogP contribution in [0.15, 0.2) is 24.3 Å². The summed E-state index contributed by atoms with van der Waals surface area (Å²) in [5.74, 6) is -0.300. The molecule has 0 saturated heterocycles. The lowest BCUT2D eigenvalue weighted by Crippen LogP contribution is -2.43. The van der Waals surface area contributed by atoms with Gasteiger partial charge in [0.05, 0.1) is 13.2 Å². The first kappa shape index (κ1) is 15.4. The van der Waals surface area contributed by atoms with Crippen LogP contribution in [0.2, 0.25) is 0 Å². The molecule has 0 atom stereocenters. The Bertz CT molecular complexity index is 395. The second kappa shape index (κ2) is 8.44. The molecule has 1 aromatic carbocycles. The molecule has 0 unspecified atom stereocenters. The maximum atomic E-state index is 12.9. The molecule has 2 amide bonds. The van der Waals surface area contributed by atoms with Crippen LogP contribution in [0.4, 0.5) is 9.18 Å². The van der Waals surface area contributed by atoms with Crippen molar-refractivity contribution in [3.8, 4) is 0 Å². The molecular formula is C13H19FN2O3. The predicted molar refractivity (Wildman–Crippen MR) is 69.2 cm³/mol. The fourth-order valence-corrected chi connectivity index (χ4v) is 1.67. The monoisotopic (exact) mass is 270 g/mol. The third kappa shape index (κ3) is 5.67. The average Bonchev–Trinajstić information content (AvgIpc) is 2.38. The fraction of sp³-hybridized carbons (Fsp3) is 0.462. The Morgan fingerprint density at radius 1 is 1.26 bits per heavy atom. The number of carbonyl (C=O) groups excluding carboxylic acids is 1. The Kier molecular flexibility index (Phi) is 6.84. The molecule has 1 aromatic rings. The third-order valence-electron chi connectivity index (χ3n) is 2.61. The molecule has 0 aliphatic rings. The topological polar surface area (TPSA) is 72.8 Å². The summed E-state index contributed by atoms with van der Waals surface area (Å²) < 4.78 is 12.9. The number of halogens is 1. The van der Waals surface area contributed by atoms with Crippen molar-refractivity contribution in [1.29, 1.82) is 0 Å². The van der Waals surface area contributed by atoms with Crippen LogP contribution in [-0.2, 0) is 6.42 Å². The van der Waals surface area contributed by atoms with Crippen molar-refractivity contribution in [1.82, 2.24) is 10.2 Å². The van der Waals surface area contributed by atoms with E-state index in [1.165, 1.54) is 17.0 Å². The molecule has 0 aliphatic carbocycles. The molecule has 0 bridgehead atoms. The maximum Gasteiger partial charge on any atom is 0.317 e. The van der Waals surface area contributed by atoms with Gasteiger partial charge in [0.25, 0.3) is 0 Å². The van der Waals surface area contributed by atoms with E-state index in [1.807, 2.05) is 0 Å². The lowest BCUT2D eigenvalue weighted by Gasteiger charge is -2.21. The smallest absolute Gasteiger partial charge is 0.317 e. The number of hydrogen-bond donors (Lipinski definition) is 3. The van der Waals surface area contributed by atoms with Gasteiger partial charge in [-0.1, -0.05) is 12.1 Å². The van der Waals surface area contributed by atoms with Gasteiger partial charge < -0.3 is 20.4 Å². The highest BCUT2D eigenvalue weighted by Crippen LogP contribution is 2.03. The van der Waals surface area contributed by atoms with Crippen LogP contribution in [0, 0.1) is 5.82 Å². The van der Waals surface area contributed by atoms with Crippen LogP contribution in [0.5, 0.6) is 0 Å². The highest BCUT2D eigenvalue weighted by atomic mass is 19.1. The Labute approximate surface area is 111 Å². The highest BCUT2D eigenvalue weighted by molar-refractivity contribution is 5.74. The number of urea groups is 1. The third-order valence-corrected chi connectivity index (χ3v) is 2.61. The van der Waals surface area contributed by atoms with Crippen LogP contribution in [0.1, 0.15) is 5.56 Å². The molecule has 5 nitrogen and oxygen atoms in total. The van der Waals surface area contributed by atoms with Crippen molar-refractivity contribution < 1.29 is 19.4 Å². The summed E-state index contributed by atoms with van der Waals surface area (Å²) in [6, 6.07) is 5.85. The Morgan fingerprint density at radius 2 is 1.95 bits per heavy atom. The summed E-state index contributed by atoms with van der Waals surface area (Å²) in [7, 11) is 0. The van der Waals surface area contributed by atoms with Gasteiger partial charge in [0, 0.05) is 19.6 Å². The highest BCUT2D eigenvalue weighted by Gasteiger charge is 2.11. The van der Waals surface area contributed by atoms with Gasteiger partial charge in [-0.2, -0.15) is 0 Å². The maximum absolute atomic E-state index is 12.9. The van der Waals surface area contributed by atoms with E-state index < -0.39 is 0 Å². The van der Waals surface area contributed by atoms with E-state index in [0.29, 0.717) is 13.0 Å². The normalized spacial score (nSPS) is 10.3. The molecule has 3 N–H and O–H groups in total. The van der Waals surface area contributed by atoms with Crippen molar-refractivity contribution >= 4 is 6.03 Å². The van der Waals surface area contributed by atoms with E-state index in [-0.39, 0.29) is 38.2 Å². The van der Waals surface area contributed by atoms with Crippen molar-refractivity contribution in [2.75, 3.05) is 32.8 Å². The van der Waals surface area contributed by atoms with Crippen LogP contribution in [0.25, 0.3) is 0 Å². The molecule has 0 fully saturated rings. The summed E-state index contributed by atoms with van der Waals surface area (Å²) in [5, 5.41) is 20.3. The number of aliphatic hydroxyl groups excluding tert-OH is 2. The predicted octanol–water partition coefficient (Wildman–Crippen LogP) is 0.364. The standard InChI is InChI=1S/C13H19FN2O3/c14-12-3-1-2-11(10-12)4-5-15-13(19)16(6-8-17)7-9-18/h1-3,10,17-18H,4-9H2,(H,15,19). The van der Waals surface area contributed by atoms with Crippen molar-refractivity contribution in [3.63, 3.8) is 0 Å². The molecule has 0 spiro atoms. The number of nitrogens with zero attached hydrogens (tertiary/aromatic N) is 1. The number of hydrogen-bond acceptors (Lipinski definition) is 3. The lowest BCUT2D eigenvalue weighted by atomic mass is 10.1. The van der Waals surface area contributed by atoms with Gasteiger partial charge in [-0.3, -0.25) is 0 Å². The number of rotatable bonds is 7. The minimum absolute atomic E-state index is 0.155. The molecule has 19 heavy (non-hydrogen) atoms. The van der Waals surface area contributed by atoms with E-state index >= 15 is 0 Å². The minimum atomic E-state index is -0.348.